The zero-order valence-corrected chi connectivity index (χ0v) is 18.2. The van der Waals surface area contributed by atoms with Crippen molar-refractivity contribution in [3.63, 3.8) is 0 Å². The third kappa shape index (κ3) is 7.00. The van der Waals surface area contributed by atoms with Crippen molar-refractivity contribution in [3.8, 4) is 0 Å². The van der Waals surface area contributed by atoms with Crippen LogP contribution in [0.2, 0.25) is 5.02 Å². The van der Waals surface area contributed by atoms with Gasteiger partial charge in [-0.1, -0.05) is 48.5 Å². The summed E-state index contributed by atoms with van der Waals surface area (Å²) in [5.74, 6) is 0.806. The van der Waals surface area contributed by atoms with Gasteiger partial charge in [0.1, 0.15) is 6.04 Å². The molecule has 1 aromatic carbocycles. The van der Waals surface area contributed by atoms with Crippen molar-refractivity contribution in [1.29, 1.82) is 0 Å². The standard InChI is InChI=1S/C19H23ClN4O2S2/c1-3-10-28-19-21-12-14(20)16(24-19)18(26)23-15(9-11-27-2)17(25)22-13-7-5-4-6-8-13/h4-8,12,15H,3,9-11H2,1-2H3,(H,22,25)(H,23,26)/t15-/m0/s1. The number of halogens is 1. The smallest absolute Gasteiger partial charge is 0.272 e. The fraction of sp³-hybridized carbons (Fsp3) is 0.368. The lowest BCUT2D eigenvalue weighted by Gasteiger charge is -2.18. The van der Waals surface area contributed by atoms with Crippen molar-refractivity contribution < 1.29 is 9.59 Å². The van der Waals surface area contributed by atoms with Crippen LogP contribution in [0.15, 0.2) is 41.7 Å². The summed E-state index contributed by atoms with van der Waals surface area (Å²) in [6.07, 6.45) is 4.83. The highest BCUT2D eigenvalue weighted by Gasteiger charge is 2.23. The van der Waals surface area contributed by atoms with E-state index in [4.69, 9.17) is 11.6 Å². The molecular formula is C19H23ClN4O2S2. The van der Waals surface area contributed by atoms with Crippen LogP contribution in [0.1, 0.15) is 30.3 Å². The molecule has 0 radical (unpaired) electrons. The van der Waals surface area contributed by atoms with E-state index in [1.807, 2.05) is 24.5 Å². The van der Waals surface area contributed by atoms with E-state index in [0.717, 1.165) is 17.9 Å². The van der Waals surface area contributed by atoms with E-state index in [1.165, 1.54) is 18.0 Å². The summed E-state index contributed by atoms with van der Waals surface area (Å²) in [6.45, 7) is 2.05. The first-order valence-electron chi connectivity index (χ1n) is 8.86. The molecule has 9 heteroatoms. The van der Waals surface area contributed by atoms with Crippen molar-refractivity contribution in [2.75, 3.05) is 23.1 Å². The number of thioether (sulfide) groups is 2. The highest BCUT2D eigenvalue weighted by atomic mass is 35.5. The maximum Gasteiger partial charge on any atom is 0.272 e. The molecule has 6 nitrogen and oxygen atoms in total. The average molecular weight is 439 g/mol. The average Bonchev–Trinajstić information content (AvgIpc) is 2.71. The summed E-state index contributed by atoms with van der Waals surface area (Å²) in [6, 6.07) is 8.43. The van der Waals surface area contributed by atoms with Gasteiger partial charge >= 0.3 is 0 Å². The van der Waals surface area contributed by atoms with Crippen molar-refractivity contribution in [1.82, 2.24) is 15.3 Å². The number of rotatable bonds is 10. The molecule has 150 valence electrons. The first-order valence-corrected chi connectivity index (χ1v) is 11.6. The Morgan fingerprint density at radius 2 is 1.96 bits per heavy atom. The first-order chi connectivity index (χ1) is 13.5. The first kappa shape index (κ1) is 22.5. The predicted octanol–water partition coefficient (Wildman–Crippen LogP) is 4.12. The van der Waals surface area contributed by atoms with Gasteiger partial charge in [0.25, 0.3) is 5.91 Å². The lowest BCUT2D eigenvalue weighted by atomic mass is 10.2. The van der Waals surface area contributed by atoms with Crippen LogP contribution in [-0.4, -0.2) is 45.6 Å². The Morgan fingerprint density at radius 3 is 2.64 bits per heavy atom. The fourth-order valence-corrected chi connectivity index (χ4v) is 3.57. The van der Waals surface area contributed by atoms with Crippen LogP contribution in [0.3, 0.4) is 0 Å². The summed E-state index contributed by atoms with van der Waals surface area (Å²) in [5, 5.41) is 6.24. The van der Waals surface area contributed by atoms with E-state index in [2.05, 4.69) is 27.5 Å². The molecule has 0 saturated heterocycles. The minimum absolute atomic E-state index is 0.0805. The number of hydrogen-bond donors (Lipinski definition) is 2. The van der Waals surface area contributed by atoms with Gasteiger partial charge in [0.15, 0.2) is 10.9 Å². The normalized spacial score (nSPS) is 11.7. The molecule has 2 aromatic rings. The van der Waals surface area contributed by atoms with Gasteiger partial charge in [-0.3, -0.25) is 9.59 Å². The summed E-state index contributed by atoms with van der Waals surface area (Å²) < 4.78 is 0. The molecule has 0 aliphatic rings. The van der Waals surface area contributed by atoms with Crippen LogP contribution in [0.4, 0.5) is 5.69 Å². The van der Waals surface area contributed by atoms with Crippen molar-refractivity contribution in [2.24, 2.45) is 0 Å². The van der Waals surface area contributed by atoms with E-state index in [1.54, 1.807) is 23.9 Å². The zero-order valence-electron chi connectivity index (χ0n) is 15.8. The molecule has 2 amide bonds. The molecule has 2 rings (SSSR count). The molecule has 0 spiro atoms. The summed E-state index contributed by atoms with van der Waals surface area (Å²) >= 11 is 9.19. The van der Waals surface area contributed by atoms with Crippen LogP contribution in [0.5, 0.6) is 0 Å². The van der Waals surface area contributed by atoms with Gasteiger partial charge in [-0.25, -0.2) is 9.97 Å². The molecule has 0 saturated carbocycles. The van der Waals surface area contributed by atoms with Gasteiger partial charge in [-0.15, -0.1) is 0 Å². The molecule has 0 aliphatic carbocycles. The second kappa shape index (κ2) is 11.9. The van der Waals surface area contributed by atoms with E-state index >= 15 is 0 Å². The number of aromatic nitrogens is 2. The predicted molar refractivity (Wildman–Crippen MR) is 117 cm³/mol. The van der Waals surface area contributed by atoms with E-state index < -0.39 is 11.9 Å². The van der Waals surface area contributed by atoms with E-state index in [-0.39, 0.29) is 16.6 Å². The SMILES string of the molecule is CCCSc1ncc(Cl)c(C(=O)N[C@@H](CCSC)C(=O)Nc2ccccc2)n1. The number of para-hydroxylation sites is 1. The Kier molecular flexibility index (Phi) is 9.60. The lowest BCUT2D eigenvalue weighted by molar-refractivity contribution is -0.118. The summed E-state index contributed by atoms with van der Waals surface area (Å²) in [4.78, 5) is 33.8. The highest BCUT2D eigenvalue weighted by molar-refractivity contribution is 7.99. The monoisotopic (exact) mass is 438 g/mol. The Balaban J connectivity index is 2.12. The van der Waals surface area contributed by atoms with Gasteiger partial charge in [0, 0.05) is 11.4 Å². The number of benzene rings is 1. The van der Waals surface area contributed by atoms with Crippen LogP contribution in [0.25, 0.3) is 0 Å². The number of hydrogen-bond acceptors (Lipinski definition) is 6. The maximum absolute atomic E-state index is 12.7. The minimum Gasteiger partial charge on any atom is -0.339 e. The summed E-state index contributed by atoms with van der Waals surface area (Å²) in [7, 11) is 0. The lowest BCUT2D eigenvalue weighted by Crippen LogP contribution is -2.44. The molecule has 1 atom stereocenters. The van der Waals surface area contributed by atoms with Crippen LogP contribution < -0.4 is 10.6 Å². The number of nitrogens with one attached hydrogen (secondary N) is 2. The Hall–Kier alpha value is -1.77. The third-order valence-corrected chi connectivity index (χ3v) is 5.63. The van der Waals surface area contributed by atoms with Crippen LogP contribution in [0, 0.1) is 0 Å². The molecular weight excluding hydrogens is 416 g/mol. The van der Waals surface area contributed by atoms with Gasteiger partial charge in [0.05, 0.1) is 11.2 Å². The van der Waals surface area contributed by atoms with Gasteiger partial charge in [0.2, 0.25) is 5.91 Å². The number of anilines is 1. The number of nitrogens with zero attached hydrogens (tertiary/aromatic N) is 2. The molecule has 0 fully saturated rings. The molecule has 1 aromatic heterocycles. The molecule has 0 bridgehead atoms. The van der Waals surface area contributed by atoms with Crippen LogP contribution in [-0.2, 0) is 4.79 Å². The van der Waals surface area contributed by atoms with Crippen LogP contribution >= 0.6 is 35.1 Å². The zero-order chi connectivity index (χ0) is 20.4. The van der Waals surface area contributed by atoms with Gasteiger partial charge in [-0.2, -0.15) is 11.8 Å². The number of carbonyl (C=O) groups excluding carboxylic acids is 2. The largest absolute Gasteiger partial charge is 0.339 e. The second-order valence-corrected chi connectivity index (χ2v) is 8.32. The Bertz CT molecular complexity index is 793. The van der Waals surface area contributed by atoms with E-state index in [9.17, 15) is 9.59 Å². The number of carbonyl (C=O) groups is 2. The third-order valence-electron chi connectivity index (χ3n) is 3.65. The molecule has 28 heavy (non-hydrogen) atoms. The summed E-state index contributed by atoms with van der Waals surface area (Å²) in [5.41, 5.74) is 0.756. The maximum atomic E-state index is 12.7. The van der Waals surface area contributed by atoms with Crippen molar-refractivity contribution in [2.45, 2.75) is 31.0 Å². The second-order valence-electron chi connectivity index (χ2n) is 5.86. The minimum atomic E-state index is -0.696. The van der Waals surface area contributed by atoms with Crippen molar-refractivity contribution in [3.05, 3.63) is 47.2 Å². The number of amides is 2. The Morgan fingerprint density at radius 1 is 1.21 bits per heavy atom. The highest BCUT2D eigenvalue weighted by Crippen LogP contribution is 2.19. The fourth-order valence-electron chi connectivity index (χ4n) is 2.26. The van der Waals surface area contributed by atoms with Crippen molar-refractivity contribution >= 4 is 52.6 Å². The van der Waals surface area contributed by atoms with Gasteiger partial charge in [-0.05, 0) is 37.0 Å². The quantitative estimate of drug-likeness (QED) is 0.428. The van der Waals surface area contributed by atoms with Gasteiger partial charge < -0.3 is 10.6 Å². The molecule has 2 N–H and O–H groups in total. The molecule has 0 aliphatic heterocycles. The molecule has 1 heterocycles. The Labute approximate surface area is 178 Å². The van der Waals surface area contributed by atoms with E-state index in [0.29, 0.717) is 17.3 Å². The topological polar surface area (TPSA) is 84.0 Å². The molecule has 0 unspecified atom stereocenters.